The van der Waals surface area contributed by atoms with Crippen molar-refractivity contribution in [2.45, 2.75) is 19.4 Å². The van der Waals surface area contributed by atoms with Crippen LogP contribution in [0.25, 0.3) is 0 Å². The number of benzene rings is 2. The van der Waals surface area contributed by atoms with Gasteiger partial charge < -0.3 is 10.0 Å². The Kier molecular flexibility index (Phi) is 6.19. The van der Waals surface area contributed by atoms with E-state index in [9.17, 15) is 14.0 Å². The summed E-state index contributed by atoms with van der Waals surface area (Å²) in [6.45, 7) is 3.70. The normalized spacial score (nSPS) is 15.4. The third-order valence-electron chi connectivity index (χ3n) is 4.79. The average Bonchev–Trinajstić information content (AvgIpc) is 2.88. The van der Waals surface area contributed by atoms with Crippen LogP contribution in [0.4, 0.5) is 4.39 Å². The number of aromatic carboxylic acids is 1. The average molecular weight is 370 g/mol. The highest BCUT2D eigenvalue weighted by atomic mass is 19.1. The Labute approximate surface area is 158 Å². The van der Waals surface area contributed by atoms with Crippen LogP contribution in [0.15, 0.2) is 48.5 Å². The van der Waals surface area contributed by atoms with Crippen molar-refractivity contribution in [3.05, 3.63) is 71.0 Å². The molecule has 27 heavy (non-hydrogen) atoms. The highest BCUT2D eigenvalue weighted by Crippen LogP contribution is 2.12. The molecular weight excluding hydrogens is 347 g/mol. The Morgan fingerprint density at radius 2 is 1.74 bits per heavy atom. The summed E-state index contributed by atoms with van der Waals surface area (Å²) >= 11 is 0. The second kappa shape index (κ2) is 8.77. The van der Waals surface area contributed by atoms with Crippen LogP contribution in [0.1, 0.15) is 27.9 Å². The van der Waals surface area contributed by atoms with Gasteiger partial charge in [-0.15, -0.1) is 0 Å². The Morgan fingerprint density at radius 3 is 2.44 bits per heavy atom. The lowest BCUT2D eigenvalue weighted by Gasteiger charge is -2.22. The zero-order valence-electron chi connectivity index (χ0n) is 15.1. The molecule has 1 heterocycles. The van der Waals surface area contributed by atoms with Crippen molar-refractivity contribution in [1.82, 2.24) is 9.80 Å². The number of carboxylic acids is 1. The molecular formula is C21H23FN2O3. The van der Waals surface area contributed by atoms with Gasteiger partial charge in [0.15, 0.2) is 0 Å². The van der Waals surface area contributed by atoms with E-state index in [-0.39, 0.29) is 23.7 Å². The minimum absolute atomic E-state index is 0.0215. The lowest BCUT2D eigenvalue weighted by molar-refractivity contribution is -0.130. The van der Waals surface area contributed by atoms with Crippen molar-refractivity contribution < 1.29 is 19.1 Å². The lowest BCUT2D eigenvalue weighted by Crippen LogP contribution is -2.36. The van der Waals surface area contributed by atoms with E-state index in [1.54, 1.807) is 24.3 Å². The Balaban J connectivity index is 1.53. The highest BCUT2D eigenvalue weighted by Gasteiger charge is 2.19. The van der Waals surface area contributed by atoms with E-state index in [1.165, 1.54) is 12.1 Å². The number of halogens is 1. The minimum atomic E-state index is -0.927. The van der Waals surface area contributed by atoms with Gasteiger partial charge in [0.1, 0.15) is 5.82 Å². The Bertz CT molecular complexity index is 807. The summed E-state index contributed by atoms with van der Waals surface area (Å²) in [7, 11) is 0. The third-order valence-corrected chi connectivity index (χ3v) is 4.79. The molecule has 0 aliphatic carbocycles. The zero-order chi connectivity index (χ0) is 19.2. The van der Waals surface area contributed by atoms with Gasteiger partial charge in [-0.25, -0.2) is 9.18 Å². The van der Waals surface area contributed by atoms with Crippen LogP contribution < -0.4 is 0 Å². The molecule has 0 saturated carbocycles. The number of rotatable bonds is 5. The first-order valence-corrected chi connectivity index (χ1v) is 9.08. The Morgan fingerprint density at radius 1 is 0.963 bits per heavy atom. The van der Waals surface area contributed by atoms with E-state index in [0.29, 0.717) is 18.7 Å². The van der Waals surface area contributed by atoms with Crippen LogP contribution in [-0.2, 0) is 17.8 Å². The standard InChI is InChI=1S/C21H23FN2O3/c22-19-4-1-3-17(13-19)14-20(25)24-10-2-9-23(11-12-24)15-16-5-7-18(8-6-16)21(26)27/h1,3-8,13H,2,9-12,14-15H2,(H,26,27). The van der Waals surface area contributed by atoms with Crippen molar-refractivity contribution in [2.75, 3.05) is 26.2 Å². The molecule has 0 unspecified atom stereocenters. The van der Waals surface area contributed by atoms with Crippen LogP contribution in [-0.4, -0.2) is 53.0 Å². The van der Waals surface area contributed by atoms with Gasteiger partial charge in [-0.3, -0.25) is 9.69 Å². The van der Waals surface area contributed by atoms with Gasteiger partial charge >= 0.3 is 5.97 Å². The van der Waals surface area contributed by atoms with Crippen molar-refractivity contribution in [3.63, 3.8) is 0 Å². The highest BCUT2D eigenvalue weighted by molar-refractivity contribution is 5.87. The maximum Gasteiger partial charge on any atom is 0.335 e. The topological polar surface area (TPSA) is 60.9 Å². The largest absolute Gasteiger partial charge is 0.478 e. The van der Waals surface area contributed by atoms with E-state index in [2.05, 4.69) is 4.90 Å². The number of nitrogens with zero attached hydrogens (tertiary/aromatic N) is 2. The second-order valence-electron chi connectivity index (χ2n) is 6.82. The molecule has 1 saturated heterocycles. The van der Waals surface area contributed by atoms with Gasteiger partial charge in [-0.2, -0.15) is 0 Å². The Hall–Kier alpha value is -2.73. The van der Waals surface area contributed by atoms with E-state index >= 15 is 0 Å². The number of carboxylic acid groups (broad SMARTS) is 1. The van der Waals surface area contributed by atoms with E-state index < -0.39 is 5.97 Å². The maximum atomic E-state index is 13.3. The minimum Gasteiger partial charge on any atom is -0.478 e. The second-order valence-corrected chi connectivity index (χ2v) is 6.82. The van der Waals surface area contributed by atoms with Gasteiger partial charge in [-0.05, 0) is 41.8 Å². The number of amides is 1. The monoisotopic (exact) mass is 370 g/mol. The van der Waals surface area contributed by atoms with Crippen LogP contribution in [0.2, 0.25) is 0 Å². The molecule has 1 fully saturated rings. The van der Waals surface area contributed by atoms with Crippen molar-refractivity contribution in [2.24, 2.45) is 0 Å². The fourth-order valence-corrected chi connectivity index (χ4v) is 3.32. The molecule has 5 nitrogen and oxygen atoms in total. The summed E-state index contributed by atoms with van der Waals surface area (Å²) in [6.07, 6.45) is 1.09. The molecule has 1 aliphatic rings. The summed E-state index contributed by atoms with van der Waals surface area (Å²) in [5.74, 6) is -1.23. The molecule has 0 spiro atoms. The van der Waals surface area contributed by atoms with Gasteiger partial charge in [-0.1, -0.05) is 24.3 Å². The summed E-state index contributed by atoms with van der Waals surface area (Å²) in [5.41, 5.74) is 2.03. The van der Waals surface area contributed by atoms with Gasteiger partial charge in [0.25, 0.3) is 0 Å². The molecule has 3 rings (SSSR count). The number of carbonyl (C=O) groups excluding carboxylic acids is 1. The van der Waals surface area contributed by atoms with Crippen LogP contribution in [0.5, 0.6) is 0 Å². The van der Waals surface area contributed by atoms with E-state index in [0.717, 1.165) is 31.6 Å². The summed E-state index contributed by atoms with van der Waals surface area (Å²) in [4.78, 5) is 27.6. The number of carbonyl (C=O) groups is 2. The van der Waals surface area contributed by atoms with Crippen molar-refractivity contribution in [3.8, 4) is 0 Å². The molecule has 2 aromatic carbocycles. The predicted octanol–water partition coefficient (Wildman–Crippen LogP) is 2.80. The SMILES string of the molecule is O=C(O)c1ccc(CN2CCCN(C(=O)Cc3cccc(F)c3)CC2)cc1. The number of hydrogen-bond acceptors (Lipinski definition) is 3. The first kappa shape index (κ1) is 19.0. The lowest BCUT2D eigenvalue weighted by atomic mass is 10.1. The smallest absolute Gasteiger partial charge is 0.335 e. The van der Waals surface area contributed by atoms with Crippen LogP contribution in [0, 0.1) is 5.82 Å². The van der Waals surface area contributed by atoms with Crippen molar-refractivity contribution >= 4 is 11.9 Å². The molecule has 0 aromatic heterocycles. The first-order valence-electron chi connectivity index (χ1n) is 9.08. The van der Waals surface area contributed by atoms with Gasteiger partial charge in [0.05, 0.1) is 12.0 Å². The molecule has 6 heteroatoms. The fourth-order valence-electron chi connectivity index (χ4n) is 3.32. The summed E-state index contributed by atoms with van der Waals surface area (Å²) in [5, 5.41) is 8.97. The summed E-state index contributed by atoms with van der Waals surface area (Å²) in [6, 6.07) is 13.1. The zero-order valence-corrected chi connectivity index (χ0v) is 15.1. The van der Waals surface area contributed by atoms with E-state index in [4.69, 9.17) is 5.11 Å². The molecule has 1 N–H and O–H groups in total. The predicted molar refractivity (Wildman–Crippen MR) is 100.0 cm³/mol. The number of hydrogen-bond donors (Lipinski definition) is 1. The van der Waals surface area contributed by atoms with Crippen molar-refractivity contribution in [1.29, 1.82) is 0 Å². The quantitative estimate of drug-likeness (QED) is 0.879. The summed E-state index contributed by atoms with van der Waals surface area (Å²) < 4.78 is 13.3. The molecule has 1 amide bonds. The molecule has 142 valence electrons. The molecule has 2 aromatic rings. The third kappa shape index (κ3) is 5.37. The van der Waals surface area contributed by atoms with Crippen LogP contribution in [0.3, 0.4) is 0 Å². The van der Waals surface area contributed by atoms with Gasteiger partial charge in [0.2, 0.25) is 5.91 Å². The maximum absolute atomic E-state index is 13.3. The van der Waals surface area contributed by atoms with Crippen LogP contribution >= 0.6 is 0 Å². The van der Waals surface area contributed by atoms with E-state index in [1.807, 2.05) is 17.0 Å². The molecule has 1 aliphatic heterocycles. The molecule has 0 radical (unpaired) electrons. The first-order chi connectivity index (χ1) is 13.0. The fraction of sp³-hybridized carbons (Fsp3) is 0.333. The van der Waals surface area contributed by atoms with Gasteiger partial charge in [0, 0.05) is 32.7 Å². The molecule has 0 bridgehead atoms. The molecule has 0 atom stereocenters.